The highest BCUT2D eigenvalue weighted by atomic mass is 16.7. The van der Waals surface area contributed by atoms with Crippen LogP contribution in [0.5, 0.6) is 0 Å². The molecule has 1 heterocycles. The van der Waals surface area contributed by atoms with Crippen LogP contribution in [0.3, 0.4) is 0 Å². The van der Waals surface area contributed by atoms with Crippen molar-refractivity contribution >= 4 is 5.97 Å². The smallest absolute Gasteiger partial charge is 0.330 e. The molecule has 0 aromatic carbocycles. The predicted octanol–water partition coefficient (Wildman–Crippen LogP) is 0.0914. The van der Waals surface area contributed by atoms with Gasteiger partial charge in [-0.15, -0.1) is 0 Å². The van der Waals surface area contributed by atoms with Crippen LogP contribution in [0.25, 0.3) is 0 Å². The molecule has 1 N–H and O–H groups in total. The second kappa shape index (κ2) is 7.70. The zero-order valence-corrected chi connectivity index (χ0v) is 12.2. The maximum Gasteiger partial charge on any atom is 0.330 e. The van der Waals surface area contributed by atoms with E-state index in [2.05, 4.69) is 6.58 Å². The standard InChI is InChI=1S/C13H23NO6/c1-5-12(16)18-6-10(15)7-19-13(2,3)14(4)20-9-11-8-17-11/h5,10-11,15H,1,6-9H2,2-4H3. The molecule has 0 bridgehead atoms. The molecule has 1 fully saturated rings. The van der Waals surface area contributed by atoms with Crippen molar-refractivity contribution < 1.29 is 28.9 Å². The first-order valence-corrected chi connectivity index (χ1v) is 6.44. The molecular weight excluding hydrogens is 266 g/mol. The molecule has 2 atom stereocenters. The van der Waals surface area contributed by atoms with Gasteiger partial charge in [0.1, 0.15) is 24.5 Å². The molecule has 0 aliphatic carbocycles. The molecule has 0 aromatic rings. The van der Waals surface area contributed by atoms with E-state index in [0.29, 0.717) is 6.61 Å². The first kappa shape index (κ1) is 17.1. The average molecular weight is 289 g/mol. The van der Waals surface area contributed by atoms with Crippen LogP contribution >= 0.6 is 0 Å². The van der Waals surface area contributed by atoms with E-state index in [1.807, 2.05) is 13.8 Å². The van der Waals surface area contributed by atoms with E-state index in [-0.39, 0.29) is 19.3 Å². The van der Waals surface area contributed by atoms with Gasteiger partial charge in [-0.2, -0.15) is 5.06 Å². The number of hydroxylamine groups is 2. The van der Waals surface area contributed by atoms with Gasteiger partial charge in [0.2, 0.25) is 0 Å². The second-order valence-corrected chi connectivity index (χ2v) is 4.99. The zero-order chi connectivity index (χ0) is 15.2. The van der Waals surface area contributed by atoms with Crippen LogP contribution in [-0.4, -0.2) is 67.5 Å². The SMILES string of the molecule is C=CC(=O)OCC(O)COC(C)(C)N(C)OCC1CO1. The van der Waals surface area contributed by atoms with Gasteiger partial charge >= 0.3 is 5.97 Å². The highest BCUT2D eigenvalue weighted by molar-refractivity contribution is 5.81. The third kappa shape index (κ3) is 6.44. The average Bonchev–Trinajstić information content (AvgIpc) is 3.23. The second-order valence-electron chi connectivity index (χ2n) is 4.99. The topological polar surface area (TPSA) is 80.8 Å². The molecule has 0 radical (unpaired) electrons. The van der Waals surface area contributed by atoms with Gasteiger partial charge in [-0.3, -0.25) is 4.84 Å². The normalized spacial score (nSPS) is 19.8. The molecule has 7 nitrogen and oxygen atoms in total. The minimum Gasteiger partial charge on any atom is -0.460 e. The summed E-state index contributed by atoms with van der Waals surface area (Å²) < 4.78 is 15.3. The Morgan fingerprint density at radius 3 is 2.80 bits per heavy atom. The van der Waals surface area contributed by atoms with Crippen molar-refractivity contribution in [2.45, 2.75) is 31.8 Å². The molecule has 0 aromatic heterocycles. The molecule has 7 heteroatoms. The van der Waals surface area contributed by atoms with E-state index in [1.165, 1.54) is 0 Å². The van der Waals surface area contributed by atoms with E-state index in [9.17, 15) is 9.90 Å². The molecule has 20 heavy (non-hydrogen) atoms. The summed E-state index contributed by atoms with van der Waals surface area (Å²) in [5.41, 5.74) is -0.724. The Balaban J connectivity index is 2.21. The van der Waals surface area contributed by atoms with Crippen LogP contribution in [0.4, 0.5) is 0 Å². The van der Waals surface area contributed by atoms with E-state index in [0.717, 1.165) is 12.7 Å². The Labute approximate surface area is 119 Å². The van der Waals surface area contributed by atoms with Crippen molar-refractivity contribution in [3.05, 3.63) is 12.7 Å². The highest BCUT2D eigenvalue weighted by Crippen LogP contribution is 2.17. The third-order valence-corrected chi connectivity index (χ3v) is 2.83. The van der Waals surface area contributed by atoms with E-state index < -0.39 is 17.8 Å². The number of rotatable bonds is 10. The van der Waals surface area contributed by atoms with Crippen LogP contribution in [0.15, 0.2) is 12.7 Å². The lowest BCUT2D eigenvalue weighted by Crippen LogP contribution is -2.45. The van der Waals surface area contributed by atoms with Gasteiger partial charge in [-0.25, -0.2) is 4.79 Å². The lowest BCUT2D eigenvalue weighted by Gasteiger charge is -2.34. The fraction of sp³-hybridized carbons (Fsp3) is 0.769. The Morgan fingerprint density at radius 1 is 1.60 bits per heavy atom. The van der Waals surface area contributed by atoms with Gasteiger partial charge in [-0.05, 0) is 13.8 Å². The summed E-state index contributed by atoms with van der Waals surface area (Å²) in [7, 11) is 1.74. The number of nitrogens with zero attached hydrogens (tertiary/aromatic N) is 1. The van der Waals surface area contributed by atoms with Crippen molar-refractivity contribution in [1.82, 2.24) is 5.06 Å². The predicted molar refractivity (Wildman–Crippen MR) is 70.6 cm³/mol. The van der Waals surface area contributed by atoms with Gasteiger partial charge in [0.15, 0.2) is 0 Å². The number of carbonyl (C=O) groups excluding carboxylic acids is 1. The number of carbonyl (C=O) groups is 1. The summed E-state index contributed by atoms with van der Waals surface area (Å²) in [6, 6.07) is 0. The Morgan fingerprint density at radius 2 is 2.25 bits per heavy atom. The maximum absolute atomic E-state index is 10.8. The number of epoxide rings is 1. The minimum atomic E-state index is -0.904. The summed E-state index contributed by atoms with van der Waals surface area (Å²) in [5, 5.41) is 11.2. The quantitative estimate of drug-likeness (QED) is 0.201. The summed E-state index contributed by atoms with van der Waals surface area (Å²) in [6.45, 7) is 7.96. The van der Waals surface area contributed by atoms with Crippen LogP contribution in [0.1, 0.15) is 13.8 Å². The molecule has 1 aliphatic rings. The fourth-order valence-corrected chi connectivity index (χ4v) is 1.19. The van der Waals surface area contributed by atoms with E-state index in [1.54, 1.807) is 12.1 Å². The molecule has 0 spiro atoms. The van der Waals surface area contributed by atoms with Crippen LogP contribution < -0.4 is 0 Å². The van der Waals surface area contributed by atoms with Crippen molar-refractivity contribution in [2.75, 3.05) is 33.5 Å². The molecular formula is C13H23NO6. The number of ether oxygens (including phenoxy) is 3. The van der Waals surface area contributed by atoms with Crippen LogP contribution in [0, 0.1) is 0 Å². The summed E-state index contributed by atoms with van der Waals surface area (Å²) >= 11 is 0. The highest BCUT2D eigenvalue weighted by Gasteiger charge is 2.30. The Bertz CT molecular complexity index is 329. The van der Waals surface area contributed by atoms with E-state index >= 15 is 0 Å². The first-order chi connectivity index (χ1) is 9.35. The molecule has 1 saturated heterocycles. The van der Waals surface area contributed by atoms with Gasteiger partial charge in [0.25, 0.3) is 0 Å². The van der Waals surface area contributed by atoms with E-state index in [4.69, 9.17) is 19.0 Å². The van der Waals surface area contributed by atoms with Gasteiger partial charge in [-0.1, -0.05) is 6.58 Å². The number of hydrogen-bond donors (Lipinski definition) is 1. The van der Waals surface area contributed by atoms with Crippen molar-refractivity contribution in [3.8, 4) is 0 Å². The van der Waals surface area contributed by atoms with Crippen molar-refractivity contribution in [3.63, 3.8) is 0 Å². The largest absolute Gasteiger partial charge is 0.460 e. The fourth-order valence-electron chi connectivity index (χ4n) is 1.19. The van der Waals surface area contributed by atoms with Gasteiger partial charge < -0.3 is 19.3 Å². The number of hydrogen-bond acceptors (Lipinski definition) is 7. The Kier molecular flexibility index (Phi) is 6.57. The van der Waals surface area contributed by atoms with Crippen molar-refractivity contribution in [1.29, 1.82) is 0 Å². The molecule has 0 amide bonds. The number of aliphatic hydroxyl groups is 1. The van der Waals surface area contributed by atoms with Crippen molar-refractivity contribution in [2.24, 2.45) is 0 Å². The minimum absolute atomic E-state index is 0.0189. The molecule has 1 rings (SSSR count). The molecule has 2 unspecified atom stereocenters. The lowest BCUT2D eigenvalue weighted by atomic mass is 10.3. The zero-order valence-electron chi connectivity index (χ0n) is 12.2. The lowest BCUT2D eigenvalue weighted by molar-refractivity contribution is -0.288. The Hall–Kier alpha value is -0.990. The maximum atomic E-state index is 10.8. The van der Waals surface area contributed by atoms with Gasteiger partial charge in [0, 0.05) is 13.1 Å². The summed E-state index contributed by atoms with van der Waals surface area (Å²) in [6.07, 6.45) is 0.300. The summed E-state index contributed by atoms with van der Waals surface area (Å²) in [4.78, 5) is 16.3. The first-order valence-electron chi connectivity index (χ1n) is 6.44. The molecule has 1 aliphatic heterocycles. The van der Waals surface area contributed by atoms with Crippen LogP contribution in [0.2, 0.25) is 0 Å². The van der Waals surface area contributed by atoms with Gasteiger partial charge in [0.05, 0.1) is 19.8 Å². The third-order valence-electron chi connectivity index (χ3n) is 2.83. The molecule has 0 saturated carbocycles. The number of aliphatic hydroxyl groups excluding tert-OH is 1. The molecule has 116 valence electrons. The summed E-state index contributed by atoms with van der Waals surface area (Å²) in [5.74, 6) is -0.576. The van der Waals surface area contributed by atoms with Crippen LogP contribution in [-0.2, 0) is 23.8 Å². The monoisotopic (exact) mass is 289 g/mol. The number of esters is 1.